The molecule has 0 aliphatic heterocycles. The third-order valence-corrected chi connectivity index (χ3v) is 5.63. The molecule has 0 spiro atoms. The van der Waals surface area contributed by atoms with Crippen molar-refractivity contribution in [1.29, 1.82) is 0 Å². The molecule has 5 aromatic rings. The number of ether oxygens (including phenoxy) is 2. The molecule has 0 fully saturated rings. The molecule has 172 valence electrons. The second-order valence-corrected chi connectivity index (χ2v) is 8.22. The maximum Gasteiger partial charge on any atom is 0.138 e. The Morgan fingerprint density at radius 1 is 1.03 bits per heavy atom. The monoisotopic (exact) mass is 454 g/mol. The van der Waals surface area contributed by atoms with E-state index in [1.165, 1.54) is 0 Å². The third kappa shape index (κ3) is 4.85. The van der Waals surface area contributed by atoms with E-state index in [0.717, 1.165) is 44.5 Å². The number of pyridine rings is 1. The molecule has 0 saturated heterocycles. The molecule has 0 saturated carbocycles. The van der Waals surface area contributed by atoms with Crippen LogP contribution in [0.25, 0.3) is 33.3 Å². The highest BCUT2D eigenvalue weighted by atomic mass is 16.5. The van der Waals surface area contributed by atoms with Crippen LogP contribution in [0.1, 0.15) is 11.3 Å². The molecular weight excluding hydrogens is 428 g/mol. The van der Waals surface area contributed by atoms with Gasteiger partial charge in [-0.1, -0.05) is 36.4 Å². The second kappa shape index (κ2) is 9.91. The number of H-pyrrole nitrogens is 1. The highest BCUT2D eigenvalue weighted by Crippen LogP contribution is 2.35. The van der Waals surface area contributed by atoms with Crippen molar-refractivity contribution >= 4 is 10.9 Å². The lowest BCUT2D eigenvalue weighted by Crippen LogP contribution is -2.32. The molecule has 3 aromatic heterocycles. The number of nitrogens with zero attached hydrogens (tertiary/aromatic N) is 2. The number of hydrogen-bond acceptors (Lipinski definition) is 6. The first-order valence-electron chi connectivity index (χ1n) is 11.1. The van der Waals surface area contributed by atoms with Crippen LogP contribution in [0.2, 0.25) is 0 Å². The van der Waals surface area contributed by atoms with Crippen LogP contribution in [0.15, 0.2) is 83.8 Å². The molecular formula is C27H26N4O3. The van der Waals surface area contributed by atoms with Gasteiger partial charge in [-0.25, -0.2) is 0 Å². The van der Waals surface area contributed by atoms with Crippen LogP contribution in [0.3, 0.4) is 0 Å². The van der Waals surface area contributed by atoms with E-state index < -0.39 is 0 Å². The maximum absolute atomic E-state index is 6.22. The summed E-state index contributed by atoms with van der Waals surface area (Å²) in [6, 6.07) is 19.8. The number of aryl methyl sites for hydroxylation is 1. The number of nitrogens with one attached hydrogen (secondary N) is 1. The Bertz CT molecular complexity index is 1360. The van der Waals surface area contributed by atoms with Crippen molar-refractivity contribution in [2.24, 2.45) is 5.73 Å². The van der Waals surface area contributed by atoms with Crippen molar-refractivity contribution in [2.45, 2.75) is 19.6 Å². The quantitative estimate of drug-likeness (QED) is 0.321. The first-order valence-corrected chi connectivity index (χ1v) is 11.1. The first-order chi connectivity index (χ1) is 16.7. The smallest absolute Gasteiger partial charge is 0.138 e. The zero-order valence-electron chi connectivity index (χ0n) is 18.9. The minimum atomic E-state index is -0.259. The van der Waals surface area contributed by atoms with Crippen molar-refractivity contribution in [1.82, 2.24) is 15.2 Å². The molecule has 34 heavy (non-hydrogen) atoms. The van der Waals surface area contributed by atoms with Gasteiger partial charge in [0.15, 0.2) is 0 Å². The molecule has 1 atom stereocenters. The number of aromatic nitrogens is 3. The maximum atomic E-state index is 6.22. The highest BCUT2D eigenvalue weighted by molar-refractivity contribution is 5.90. The number of fused-ring (bicyclic) bond motifs is 1. The molecule has 0 radical (unpaired) electrons. The second-order valence-electron chi connectivity index (χ2n) is 8.22. The molecule has 0 unspecified atom stereocenters. The van der Waals surface area contributed by atoms with E-state index in [1.54, 1.807) is 18.7 Å². The number of benzene rings is 2. The van der Waals surface area contributed by atoms with E-state index in [9.17, 15) is 0 Å². The summed E-state index contributed by atoms with van der Waals surface area (Å²) in [6.07, 6.45) is 5.04. The molecule has 7 heteroatoms. The predicted molar refractivity (Wildman–Crippen MR) is 131 cm³/mol. The van der Waals surface area contributed by atoms with Gasteiger partial charge in [0.25, 0.3) is 0 Å². The zero-order valence-corrected chi connectivity index (χ0v) is 18.9. The van der Waals surface area contributed by atoms with Crippen molar-refractivity contribution in [2.75, 3.05) is 13.2 Å². The van der Waals surface area contributed by atoms with E-state index in [1.807, 2.05) is 61.5 Å². The fraction of sp³-hybridized carbons (Fsp3) is 0.185. The van der Waals surface area contributed by atoms with Crippen LogP contribution in [-0.2, 0) is 11.3 Å². The Morgan fingerprint density at radius 2 is 1.91 bits per heavy atom. The topological polar surface area (TPSA) is 99.2 Å². The summed E-state index contributed by atoms with van der Waals surface area (Å²) in [5.74, 6) is 0.643. The van der Waals surface area contributed by atoms with Gasteiger partial charge in [-0.3, -0.25) is 10.1 Å². The summed E-state index contributed by atoms with van der Waals surface area (Å²) < 4.78 is 17.0. The Morgan fingerprint density at radius 3 is 2.74 bits per heavy atom. The van der Waals surface area contributed by atoms with E-state index in [2.05, 4.69) is 21.2 Å². The first kappa shape index (κ1) is 21.9. The molecule has 7 nitrogen and oxygen atoms in total. The summed E-state index contributed by atoms with van der Waals surface area (Å²) >= 11 is 0. The lowest BCUT2D eigenvalue weighted by Gasteiger charge is -2.15. The lowest BCUT2D eigenvalue weighted by molar-refractivity contribution is 0.0935. The summed E-state index contributed by atoms with van der Waals surface area (Å²) in [5.41, 5.74) is 12.9. The normalized spacial score (nSPS) is 12.2. The molecule has 5 rings (SSSR count). The molecule has 0 aliphatic rings. The van der Waals surface area contributed by atoms with Crippen molar-refractivity contribution in [3.8, 4) is 28.1 Å². The van der Waals surface area contributed by atoms with Gasteiger partial charge in [-0.15, -0.1) is 0 Å². The van der Waals surface area contributed by atoms with Gasteiger partial charge in [-0.2, -0.15) is 5.10 Å². The number of nitrogens with two attached hydrogens (primary N) is 1. The lowest BCUT2D eigenvalue weighted by atomic mass is 9.99. The molecule has 3 N–H and O–H groups in total. The Kier molecular flexibility index (Phi) is 6.38. The molecule has 2 aromatic carbocycles. The molecule has 3 heterocycles. The van der Waals surface area contributed by atoms with Crippen LogP contribution < -0.4 is 10.5 Å². The summed E-state index contributed by atoms with van der Waals surface area (Å²) in [6.45, 7) is 3.23. The number of aromatic amines is 1. The Labute approximate surface area is 197 Å². The summed E-state index contributed by atoms with van der Waals surface area (Å²) in [7, 11) is 0. The van der Waals surface area contributed by atoms with Gasteiger partial charge in [0.1, 0.15) is 12.4 Å². The summed E-state index contributed by atoms with van der Waals surface area (Å²) in [4.78, 5) is 4.69. The van der Waals surface area contributed by atoms with E-state index in [4.69, 9.17) is 19.6 Å². The van der Waals surface area contributed by atoms with Gasteiger partial charge in [0.05, 0.1) is 54.9 Å². The fourth-order valence-corrected chi connectivity index (χ4v) is 3.84. The minimum absolute atomic E-state index is 0.259. The van der Waals surface area contributed by atoms with Gasteiger partial charge in [0, 0.05) is 16.5 Å². The number of rotatable bonds is 9. The van der Waals surface area contributed by atoms with Crippen molar-refractivity contribution < 1.29 is 13.9 Å². The van der Waals surface area contributed by atoms with Crippen molar-refractivity contribution in [3.05, 3.63) is 90.6 Å². The van der Waals surface area contributed by atoms with Crippen LogP contribution >= 0.6 is 0 Å². The van der Waals surface area contributed by atoms with E-state index >= 15 is 0 Å². The largest absolute Gasteiger partial charge is 0.490 e. The zero-order chi connectivity index (χ0) is 23.3. The predicted octanol–water partition coefficient (Wildman–Crippen LogP) is 5.12. The van der Waals surface area contributed by atoms with Crippen LogP contribution in [0, 0.1) is 6.92 Å². The summed E-state index contributed by atoms with van der Waals surface area (Å²) in [5, 5.41) is 8.42. The van der Waals surface area contributed by atoms with E-state index in [0.29, 0.717) is 25.6 Å². The van der Waals surface area contributed by atoms with Crippen molar-refractivity contribution in [3.63, 3.8) is 0 Å². The average Bonchev–Trinajstić information content (AvgIpc) is 3.53. The number of hydrogen-bond donors (Lipinski definition) is 2. The van der Waals surface area contributed by atoms with Gasteiger partial charge >= 0.3 is 0 Å². The number of furan rings is 1. The minimum Gasteiger partial charge on any atom is -0.490 e. The van der Waals surface area contributed by atoms with Crippen LogP contribution in [-0.4, -0.2) is 34.4 Å². The Hall–Kier alpha value is -3.94. The highest BCUT2D eigenvalue weighted by Gasteiger charge is 2.14. The van der Waals surface area contributed by atoms with Crippen LogP contribution in [0.5, 0.6) is 5.75 Å². The fourth-order valence-electron chi connectivity index (χ4n) is 3.84. The van der Waals surface area contributed by atoms with Gasteiger partial charge < -0.3 is 19.6 Å². The third-order valence-electron chi connectivity index (χ3n) is 5.63. The van der Waals surface area contributed by atoms with Crippen LogP contribution in [0.4, 0.5) is 0 Å². The molecule has 0 amide bonds. The Balaban J connectivity index is 1.32. The van der Waals surface area contributed by atoms with Gasteiger partial charge in [0.2, 0.25) is 0 Å². The molecule has 0 aliphatic carbocycles. The van der Waals surface area contributed by atoms with Gasteiger partial charge in [-0.05, 0) is 42.3 Å². The molecule has 0 bridgehead atoms. The van der Waals surface area contributed by atoms with E-state index in [-0.39, 0.29) is 6.04 Å². The standard InChI is InChI=1S/C27H26N4O3/c1-18-24-11-20(7-8-26(24)31-30-18)25-12-23(13-29-27(25)21-9-10-32-15-21)34-17-22(28)16-33-14-19-5-3-2-4-6-19/h2-13,15,22H,14,16-17,28H2,1H3,(H,30,31)/t22-/m0/s1. The average molecular weight is 455 g/mol. The SMILES string of the molecule is Cc1n[nH]c2ccc(-c3cc(OC[C@@H](N)COCc4ccccc4)cnc3-c3ccoc3)cc12.